The minimum atomic E-state index is -0.188. The van der Waals surface area contributed by atoms with Gasteiger partial charge in [0.05, 0.1) is 19.2 Å². The third-order valence-corrected chi connectivity index (χ3v) is 4.87. The molecule has 0 spiro atoms. The van der Waals surface area contributed by atoms with Gasteiger partial charge in [-0.3, -0.25) is 4.79 Å². The average Bonchev–Trinajstić information content (AvgIpc) is 3.12. The number of carbonyl (C=O) groups excluding carboxylic acids is 1. The summed E-state index contributed by atoms with van der Waals surface area (Å²) in [5.74, 6) is 0.611. The number of hydrogen-bond acceptors (Lipinski definition) is 4. The Morgan fingerprint density at radius 3 is 2.71 bits per heavy atom. The van der Waals surface area contributed by atoms with E-state index in [9.17, 15) is 4.79 Å². The number of fused-ring (bicyclic) bond motifs is 1. The number of nitrogens with zero attached hydrogens (tertiary/aromatic N) is 3. The molecule has 140 valence electrons. The maximum absolute atomic E-state index is 12.5. The molecule has 0 saturated heterocycles. The SMILES string of the molecule is COc1cccc(Cn2nnc3cc(C(=O)Nc4ccc(Br)cc4)ccc32)c1. The number of rotatable bonds is 5. The predicted molar refractivity (Wildman–Crippen MR) is 112 cm³/mol. The third-order valence-electron chi connectivity index (χ3n) is 4.34. The third kappa shape index (κ3) is 3.89. The summed E-state index contributed by atoms with van der Waals surface area (Å²) in [7, 11) is 1.64. The molecule has 1 amide bonds. The van der Waals surface area contributed by atoms with E-state index in [1.54, 1.807) is 23.9 Å². The average molecular weight is 437 g/mol. The number of aromatic nitrogens is 3. The first-order chi connectivity index (χ1) is 13.6. The molecule has 0 fully saturated rings. The van der Waals surface area contributed by atoms with Gasteiger partial charge in [0.2, 0.25) is 0 Å². The van der Waals surface area contributed by atoms with Crippen molar-refractivity contribution in [3.8, 4) is 5.75 Å². The predicted octanol–water partition coefficient (Wildman–Crippen LogP) is 4.50. The molecule has 28 heavy (non-hydrogen) atoms. The molecular weight excluding hydrogens is 420 g/mol. The lowest BCUT2D eigenvalue weighted by Gasteiger charge is -2.07. The lowest BCUT2D eigenvalue weighted by molar-refractivity contribution is 0.102. The smallest absolute Gasteiger partial charge is 0.255 e. The van der Waals surface area contributed by atoms with Crippen LogP contribution in [0.3, 0.4) is 0 Å². The van der Waals surface area contributed by atoms with E-state index in [4.69, 9.17) is 4.74 Å². The van der Waals surface area contributed by atoms with Crippen LogP contribution in [-0.2, 0) is 6.54 Å². The Bertz CT molecular complexity index is 1140. The molecule has 0 saturated carbocycles. The second-order valence-electron chi connectivity index (χ2n) is 6.26. The van der Waals surface area contributed by atoms with Crippen molar-refractivity contribution in [2.75, 3.05) is 12.4 Å². The Morgan fingerprint density at radius 1 is 1.11 bits per heavy atom. The number of halogens is 1. The first kappa shape index (κ1) is 18.2. The van der Waals surface area contributed by atoms with Crippen LogP contribution in [0.25, 0.3) is 11.0 Å². The quantitative estimate of drug-likeness (QED) is 0.499. The fraction of sp³-hybridized carbons (Fsp3) is 0.0952. The van der Waals surface area contributed by atoms with Crippen LogP contribution in [0.15, 0.2) is 71.2 Å². The van der Waals surface area contributed by atoms with E-state index >= 15 is 0 Å². The Hall–Kier alpha value is -3.19. The number of hydrogen-bond donors (Lipinski definition) is 1. The van der Waals surface area contributed by atoms with Crippen molar-refractivity contribution in [1.29, 1.82) is 0 Å². The highest BCUT2D eigenvalue weighted by Crippen LogP contribution is 2.19. The highest BCUT2D eigenvalue weighted by molar-refractivity contribution is 9.10. The number of methoxy groups -OCH3 is 1. The van der Waals surface area contributed by atoms with Crippen LogP contribution < -0.4 is 10.1 Å². The molecule has 1 heterocycles. The lowest BCUT2D eigenvalue weighted by atomic mass is 10.1. The zero-order chi connectivity index (χ0) is 19.5. The molecule has 0 unspecified atom stereocenters. The van der Waals surface area contributed by atoms with E-state index < -0.39 is 0 Å². The second-order valence-corrected chi connectivity index (χ2v) is 7.18. The summed E-state index contributed by atoms with van der Waals surface area (Å²) in [5, 5.41) is 11.3. The minimum absolute atomic E-state index is 0.188. The maximum Gasteiger partial charge on any atom is 0.255 e. The normalized spacial score (nSPS) is 10.8. The molecule has 0 bridgehead atoms. The first-order valence-electron chi connectivity index (χ1n) is 8.65. The van der Waals surface area contributed by atoms with E-state index in [2.05, 4.69) is 31.6 Å². The Labute approximate surface area is 170 Å². The molecule has 4 aromatic rings. The fourth-order valence-corrected chi connectivity index (χ4v) is 3.17. The number of anilines is 1. The molecule has 0 aliphatic rings. The number of benzene rings is 3. The molecular formula is C21H17BrN4O2. The minimum Gasteiger partial charge on any atom is -0.497 e. The zero-order valence-electron chi connectivity index (χ0n) is 15.1. The highest BCUT2D eigenvalue weighted by Gasteiger charge is 2.11. The van der Waals surface area contributed by atoms with Gasteiger partial charge in [0.1, 0.15) is 11.3 Å². The monoisotopic (exact) mass is 436 g/mol. The summed E-state index contributed by atoms with van der Waals surface area (Å²) in [6.45, 7) is 0.568. The van der Waals surface area contributed by atoms with Gasteiger partial charge in [0, 0.05) is 15.7 Å². The van der Waals surface area contributed by atoms with E-state index in [0.717, 1.165) is 27.0 Å². The molecule has 6 nitrogen and oxygen atoms in total. The molecule has 7 heteroatoms. The van der Waals surface area contributed by atoms with Crippen LogP contribution in [0.4, 0.5) is 5.69 Å². The van der Waals surface area contributed by atoms with Gasteiger partial charge in [0.25, 0.3) is 5.91 Å². The van der Waals surface area contributed by atoms with Crippen molar-refractivity contribution < 1.29 is 9.53 Å². The van der Waals surface area contributed by atoms with E-state index in [1.807, 2.05) is 54.6 Å². The van der Waals surface area contributed by atoms with Gasteiger partial charge in [-0.25, -0.2) is 4.68 Å². The van der Waals surface area contributed by atoms with Gasteiger partial charge < -0.3 is 10.1 Å². The van der Waals surface area contributed by atoms with Gasteiger partial charge in [-0.1, -0.05) is 33.3 Å². The largest absolute Gasteiger partial charge is 0.497 e. The summed E-state index contributed by atoms with van der Waals surface area (Å²) in [6, 6.07) is 20.6. The molecule has 0 atom stereocenters. The van der Waals surface area contributed by atoms with E-state index in [1.165, 1.54) is 0 Å². The molecule has 1 N–H and O–H groups in total. The molecule has 0 aliphatic heterocycles. The number of ether oxygens (including phenoxy) is 1. The van der Waals surface area contributed by atoms with Crippen molar-refractivity contribution in [3.05, 3.63) is 82.3 Å². The second kappa shape index (κ2) is 7.82. The number of amides is 1. The Kier molecular flexibility index (Phi) is 5.08. The first-order valence-corrected chi connectivity index (χ1v) is 9.45. The van der Waals surface area contributed by atoms with Gasteiger partial charge in [-0.15, -0.1) is 5.10 Å². The summed E-state index contributed by atoms with van der Waals surface area (Å²) in [6.07, 6.45) is 0. The van der Waals surface area contributed by atoms with Crippen LogP contribution in [0, 0.1) is 0 Å². The maximum atomic E-state index is 12.5. The number of nitrogens with one attached hydrogen (secondary N) is 1. The van der Waals surface area contributed by atoms with Crippen molar-refractivity contribution in [1.82, 2.24) is 15.0 Å². The molecule has 1 aromatic heterocycles. The summed E-state index contributed by atoms with van der Waals surface area (Å²) >= 11 is 3.38. The molecule has 0 aliphatic carbocycles. The van der Waals surface area contributed by atoms with Gasteiger partial charge in [-0.05, 0) is 60.2 Å². The van der Waals surface area contributed by atoms with Crippen LogP contribution in [0.1, 0.15) is 15.9 Å². The van der Waals surface area contributed by atoms with Crippen molar-refractivity contribution in [3.63, 3.8) is 0 Å². The molecule has 3 aromatic carbocycles. The van der Waals surface area contributed by atoms with Crippen LogP contribution >= 0.6 is 15.9 Å². The van der Waals surface area contributed by atoms with E-state index in [0.29, 0.717) is 17.6 Å². The zero-order valence-corrected chi connectivity index (χ0v) is 16.7. The van der Waals surface area contributed by atoms with Crippen LogP contribution in [0.5, 0.6) is 5.75 Å². The molecule has 0 radical (unpaired) electrons. The van der Waals surface area contributed by atoms with Crippen molar-refractivity contribution in [2.45, 2.75) is 6.54 Å². The van der Waals surface area contributed by atoms with E-state index in [-0.39, 0.29) is 5.91 Å². The molecule has 4 rings (SSSR count). The topological polar surface area (TPSA) is 69.0 Å². The fourth-order valence-electron chi connectivity index (χ4n) is 2.91. The summed E-state index contributed by atoms with van der Waals surface area (Å²) < 4.78 is 8.03. The van der Waals surface area contributed by atoms with Crippen LogP contribution in [-0.4, -0.2) is 28.0 Å². The van der Waals surface area contributed by atoms with Crippen molar-refractivity contribution in [2.24, 2.45) is 0 Å². The standard InChI is InChI=1S/C21H17BrN4O2/c1-28-18-4-2-3-14(11-18)13-26-20-10-5-15(12-19(20)24-25-26)21(27)23-17-8-6-16(22)7-9-17/h2-12H,13H2,1H3,(H,23,27). The Morgan fingerprint density at radius 2 is 1.93 bits per heavy atom. The summed E-state index contributed by atoms with van der Waals surface area (Å²) in [4.78, 5) is 12.5. The lowest BCUT2D eigenvalue weighted by Crippen LogP contribution is -2.11. The Balaban J connectivity index is 1.55. The number of carbonyl (C=O) groups is 1. The summed E-state index contributed by atoms with van der Waals surface area (Å²) in [5.41, 5.74) is 3.86. The van der Waals surface area contributed by atoms with Gasteiger partial charge in [-0.2, -0.15) is 0 Å². The van der Waals surface area contributed by atoms with Crippen molar-refractivity contribution >= 4 is 38.6 Å². The van der Waals surface area contributed by atoms with Gasteiger partial charge in [0.15, 0.2) is 0 Å². The van der Waals surface area contributed by atoms with Gasteiger partial charge >= 0.3 is 0 Å². The van der Waals surface area contributed by atoms with Crippen LogP contribution in [0.2, 0.25) is 0 Å². The highest BCUT2D eigenvalue weighted by atomic mass is 79.9.